The molecule has 0 bridgehead atoms. The molecular formula is C34H30N2O10. The van der Waals surface area contributed by atoms with Gasteiger partial charge in [-0.25, -0.2) is 9.59 Å². The number of benzene rings is 3. The van der Waals surface area contributed by atoms with Crippen molar-refractivity contribution < 1.29 is 43.5 Å². The van der Waals surface area contributed by atoms with Crippen LogP contribution in [-0.4, -0.2) is 60.1 Å². The molecule has 0 unspecified atom stereocenters. The van der Waals surface area contributed by atoms with E-state index in [4.69, 9.17) is 23.7 Å². The van der Waals surface area contributed by atoms with Crippen LogP contribution in [0.1, 0.15) is 32.2 Å². The minimum absolute atomic E-state index is 0.0498. The highest BCUT2D eigenvalue weighted by Crippen LogP contribution is 2.44. The predicted molar refractivity (Wildman–Crippen MR) is 167 cm³/mol. The number of aromatic nitrogens is 2. The molecule has 0 saturated carbocycles. The molecular weight excluding hydrogens is 596 g/mol. The molecule has 0 fully saturated rings. The molecule has 0 saturated heterocycles. The zero-order valence-electron chi connectivity index (χ0n) is 25.4. The van der Waals surface area contributed by atoms with Gasteiger partial charge in [0.2, 0.25) is 5.75 Å². The number of aromatic carboxylic acids is 1. The number of carboxylic acids is 1. The van der Waals surface area contributed by atoms with Gasteiger partial charge in [-0.1, -0.05) is 12.1 Å². The summed E-state index contributed by atoms with van der Waals surface area (Å²) in [6.45, 7) is -0.174. The molecule has 5 aromatic rings. The van der Waals surface area contributed by atoms with Gasteiger partial charge in [0.1, 0.15) is 18.1 Å². The SMILES string of the molecule is COC(=O)c1c(-c2cc(OC)c(OC)c(OC)c2)c2ccc(OCc3cccc(CO)n3)cc2c(=O)n1-c1cccc(C(=O)O)c1. The summed E-state index contributed by atoms with van der Waals surface area (Å²) < 4.78 is 28.9. The van der Waals surface area contributed by atoms with Gasteiger partial charge in [0.25, 0.3) is 5.56 Å². The molecule has 0 aliphatic carbocycles. The molecule has 2 N–H and O–H groups in total. The first kappa shape index (κ1) is 31.5. The van der Waals surface area contributed by atoms with Crippen LogP contribution in [0.5, 0.6) is 23.0 Å². The Kier molecular flexibility index (Phi) is 9.19. The second kappa shape index (κ2) is 13.4. The standard InChI is InChI=1S/C34H30N2O10/c1-42-27-14-20(15-28(43-2)31(27)44-3)29-25-12-11-24(46-18-22-9-6-8-21(17-37)35-22)16-26(25)32(38)36(30(29)34(41)45-4)23-10-5-7-19(13-23)33(39)40/h5-16,37H,17-18H2,1-4H3,(H,39,40). The number of carbonyl (C=O) groups is 2. The summed E-state index contributed by atoms with van der Waals surface area (Å²) >= 11 is 0. The number of fused-ring (bicyclic) bond motifs is 1. The quantitative estimate of drug-likeness (QED) is 0.197. The highest BCUT2D eigenvalue weighted by molar-refractivity contribution is 6.08. The van der Waals surface area contributed by atoms with Crippen LogP contribution in [0.25, 0.3) is 27.6 Å². The number of esters is 1. The van der Waals surface area contributed by atoms with E-state index in [1.54, 1.807) is 42.5 Å². The maximum atomic E-state index is 14.3. The number of hydrogen-bond donors (Lipinski definition) is 2. The Balaban J connectivity index is 1.84. The Hall–Kier alpha value is -5.88. The summed E-state index contributed by atoms with van der Waals surface area (Å²) in [5.74, 6) is -0.829. The summed E-state index contributed by atoms with van der Waals surface area (Å²) in [6.07, 6.45) is 0. The lowest BCUT2D eigenvalue weighted by Crippen LogP contribution is -2.27. The third kappa shape index (κ3) is 5.93. The van der Waals surface area contributed by atoms with Gasteiger partial charge in [0.15, 0.2) is 11.5 Å². The lowest BCUT2D eigenvalue weighted by molar-refractivity contribution is 0.0591. The number of methoxy groups -OCH3 is 4. The van der Waals surface area contributed by atoms with Crippen molar-refractivity contribution in [2.45, 2.75) is 13.2 Å². The maximum absolute atomic E-state index is 14.3. The molecule has 3 aromatic carbocycles. The number of pyridine rings is 2. The zero-order valence-corrected chi connectivity index (χ0v) is 25.4. The lowest BCUT2D eigenvalue weighted by Gasteiger charge is -2.21. The largest absolute Gasteiger partial charge is 0.493 e. The van der Waals surface area contributed by atoms with Crippen molar-refractivity contribution in [2.75, 3.05) is 28.4 Å². The Morgan fingerprint density at radius 2 is 1.52 bits per heavy atom. The van der Waals surface area contributed by atoms with Crippen LogP contribution in [-0.2, 0) is 18.0 Å². The van der Waals surface area contributed by atoms with E-state index in [0.717, 1.165) is 4.57 Å². The molecule has 2 aromatic heterocycles. The van der Waals surface area contributed by atoms with E-state index >= 15 is 0 Å². The fourth-order valence-corrected chi connectivity index (χ4v) is 5.16. The third-order valence-corrected chi connectivity index (χ3v) is 7.25. The normalized spacial score (nSPS) is 10.8. The van der Waals surface area contributed by atoms with Crippen LogP contribution in [0, 0.1) is 0 Å². The van der Waals surface area contributed by atoms with E-state index in [9.17, 15) is 24.6 Å². The second-order valence-corrected chi connectivity index (χ2v) is 9.90. The van der Waals surface area contributed by atoms with Gasteiger partial charge in [-0.05, 0) is 71.6 Å². The molecule has 0 radical (unpaired) electrons. The molecule has 0 aliphatic rings. The number of ether oxygens (including phenoxy) is 5. The van der Waals surface area contributed by atoms with E-state index in [1.165, 1.54) is 58.8 Å². The van der Waals surface area contributed by atoms with Crippen LogP contribution in [0.4, 0.5) is 0 Å². The fraction of sp³-hybridized carbons (Fsp3) is 0.176. The van der Waals surface area contributed by atoms with Crippen molar-refractivity contribution in [2.24, 2.45) is 0 Å². The van der Waals surface area contributed by atoms with Crippen LogP contribution in [0.15, 0.2) is 77.6 Å². The second-order valence-electron chi connectivity index (χ2n) is 9.90. The van der Waals surface area contributed by atoms with Gasteiger partial charge in [0, 0.05) is 5.56 Å². The Bertz CT molecular complexity index is 1990. The van der Waals surface area contributed by atoms with Gasteiger partial charge >= 0.3 is 11.9 Å². The summed E-state index contributed by atoms with van der Waals surface area (Å²) in [6, 6.07) is 18.9. The molecule has 2 heterocycles. The highest BCUT2D eigenvalue weighted by atomic mass is 16.5. The fourth-order valence-electron chi connectivity index (χ4n) is 5.16. The van der Waals surface area contributed by atoms with E-state index in [2.05, 4.69) is 4.98 Å². The zero-order chi connectivity index (χ0) is 33.0. The number of nitrogens with zero attached hydrogens (tertiary/aromatic N) is 2. The number of hydrogen-bond acceptors (Lipinski definition) is 10. The van der Waals surface area contributed by atoms with Gasteiger partial charge in [-0.3, -0.25) is 14.3 Å². The predicted octanol–water partition coefficient (Wildman–Crippen LogP) is 4.63. The molecule has 12 heteroatoms. The van der Waals surface area contributed by atoms with Crippen molar-refractivity contribution >= 4 is 22.7 Å². The average Bonchev–Trinajstić information content (AvgIpc) is 3.09. The van der Waals surface area contributed by atoms with E-state index < -0.39 is 17.5 Å². The minimum Gasteiger partial charge on any atom is -0.493 e. The van der Waals surface area contributed by atoms with Crippen molar-refractivity contribution in [3.05, 3.63) is 106 Å². The Labute approximate surface area is 262 Å². The molecule has 12 nitrogen and oxygen atoms in total. The third-order valence-electron chi connectivity index (χ3n) is 7.25. The Morgan fingerprint density at radius 1 is 0.826 bits per heavy atom. The maximum Gasteiger partial charge on any atom is 0.355 e. The molecule has 0 spiro atoms. The summed E-state index contributed by atoms with van der Waals surface area (Å²) in [5, 5.41) is 19.6. The van der Waals surface area contributed by atoms with Crippen LogP contribution in [0.3, 0.4) is 0 Å². The van der Waals surface area contributed by atoms with Crippen molar-refractivity contribution in [3.8, 4) is 39.8 Å². The van der Waals surface area contributed by atoms with Gasteiger partial charge in [-0.15, -0.1) is 0 Å². The van der Waals surface area contributed by atoms with Crippen molar-refractivity contribution in [3.63, 3.8) is 0 Å². The monoisotopic (exact) mass is 626 g/mol. The smallest absolute Gasteiger partial charge is 0.355 e. The van der Waals surface area contributed by atoms with E-state index in [-0.39, 0.29) is 41.1 Å². The number of carboxylic acid groups (broad SMARTS) is 1. The van der Waals surface area contributed by atoms with Crippen LogP contribution >= 0.6 is 0 Å². The number of aliphatic hydroxyl groups excluding tert-OH is 1. The topological polar surface area (TPSA) is 156 Å². The van der Waals surface area contributed by atoms with Crippen molar-refractivity contribution in [1.29, 1.82) is 0 Å². The highest BCUT2D eigenvalue weighted by Gasteiger charge is 2.27. The molecule has 0 atom stereocenters. The average molecular weight is 627 g/mol. The van der Waals surface area contributed by atoms with Gasteiger partial charge in [0.05, 0.1) is 63.1 Å². The Morgan fingerprint density at radius 3 is 2.15 bits per heavy atom. The number of carbonyl (C=O) groups excluding carboxylic acids is 1. The molecule has 236 valence electrons. The van der Waals surface area contributed by atoms with Gasteiger partial charge < -0.3 is 33.9 Å². The van der Waals surface area contributed by atoms with Crippen LogP contribution < -0.4 is 24.5 Å². The first-order valence-corrected chi connectivity index (χ1v) is 13.9. The molecule has 0 aliphatic heterocycles. The first-order chi connectivity index (χ1) is 22.2. The van der Waals surface area contributed by atoms with E-state index in [0.29, 0.717) is 45.3 Å². The van der Waals surface area contributed by atoms with Gasteiger partial charge in [-0.2, -0.15) is 0 Å². The summed E-state index contributed by atoms with van der Waals surface area (Å²) in [4.78, 5) is 44.1. The summed E-state index contributed by atoms with van der Waals surface area (Å²) in [7, 11) is 5.55. The van der Waals surface area contributed by atoms with Crippen molar-refractivity contribution in [1.82, 2.24) is 9.55 Å². The molecule has 46 heavy (non-hydrogen) atoms. The number of aliphatic hydroxyl groups is 1. The lowest BCUT2D eigenvalue weighted by atomic mass is 9.95. The first-order valence-electron chi connectivity index (χ1n) is 13.9. The molecule has 0 amide bonds. The number of rotatable bonds is 11. The van der Waals surface area contributed by atoms with Crippen LogP contribution in [0.2, 0.25) is 0 Å². The minimum atomic E-state index is -1.21. The summed E-state index contributed by atoms with van der Waals surface area (Å²) in [5.41, 5.74) is 0.995. The molecule has 5 rings (SSSR count). The van der Waals surface area contributed by atoms with E-state index in [1.807, 2.05) is 0 Å².